The molecule has 0 saturated carbocycles. The van der Waals surface area contributed by atoms with E-state index in [1.807, 2.05) is 12.2 Å². The summed E-state index contributed by atoms with van der Waals surface area (Å²) in [7, 11) is -4.64. The lowest BCUT2D eigenvalue weighted by Crippen LogP contribution is -2.29. The molecule has 0 aliphatic rings. The number of hydrogen-bond donors (Lipinski definition) is 3. The quantitative estimate of drug-likeness (QED) is 0.0239. The maximum Gasteiger partial charge on any atom is 0.472 e. The van der Waals surface area contributed by atoms with Gasteiger partial charge in [0.2, 0.25) is 0 Å². The predicted octanol–water partition coefficient (Wildman–Crippen LogP) is 10.9. The molecule has 0 heterocycles. The van der Waals surface area contributed by atoms with Crippen LogP contribution >= 0.6 is 7.82 Å². The van der Waals surface area contributed by atoms with Gasteiger partial charge in [-0.3, -0.25) is 18.6 Å². The van der Waals surface area contributed by atoms with Gasteiger partial charge in [-0.25, -0.2) is 4.57 Å². The minimum absolute atomic E-state index is 0.0571. The lowest BCUT2D eigenvalue weighted by molar-refractivity contribution is -0.161. The van der Waals surface area contributed by atoms with Crippen LogP contribution in [0.25, 0.3) is 0 Å². The molecule has 0 spiro atoms. The summed E-state index contributed by atoms with van der Waals surface area (Å²) in [5, 5.41) is 18.3. The number of aliphatic hydroxyl groups excluding tert-OH is 2. The lowest BCUT2D eigenvalue weighted by Gasteiger charge is -2.20. The average molecular weight is 795 g/mol. The number of aliphatic hydroxyl groups is 2. The van der Waals surface area contributed by atoms with Crippen molar-refractivity contribution in [1.29, 1.82) is 0 Å². The Labute approximate surface area is 333 Å². The Morgan fingerprint density at radius 2 is 1.00 bits per heavy atom. The van der Waals surface area contributed by atoms with Crippen LogP contribution in [-0.2, 0) is 32.7 Å². The van der Waals surface area contributed by atoms with Gasteiger partial charge in [0.25, 0.3) is 0 Å². The molecule has 0 rings (SSSR count). The first kappa shape index (κ1) is 52.4. The second kappa shape index (κ2) is 39.6. The van der Waals surface area contributed by atoms with E-state index in [-0.39, 0.29) is 19.4 Å². The number of esters is 2. The number of ether oxygens (including phenoxy) is 2. The first-order valence-electron chi connectivity index (χ1n) is 20.9. The molecule has 55 heavy (non-hydrogen) atoms. The van der Waals surface area contributed by atoms with Gasteiger partial charge >= 0.3 is 19.8 Å². The summed E-state index contributed by atoms with van der Waals surface area (Å²) in [6.45, 7) is 2.16. The molecule has 0 bridgehead atoms. The van der Waals surface area contributed by atoms with E-state index >= 15 is 0 Å². The summed E-state index contributed by atoms with van der Waals surface area (Å²) >= 11 is 0. The fraction of sp³-hybridized carbons (Fsp3) is 0.682. The van der Waals surface area contributed by atoms with Gasteiger partial charge in [0.1, 0.15) is 12.7 Å². The number of carbonyl (C=O) groups excluding carboxylic acids is 2. The van der Waals surface area contributed by atoms with Crippen molar-refractivity contribution >= 4 is 19.8 Å². The smallest absolute Gasteiger partial charge is 0.462 e. The van der Waals surface area contributed by atoms with E-state index in [9.17, 15) is 24.2 Å². The van der Waals surface area contributed by atoms with Crippen LogP contribution in [0.5, 0.6) is 0 Å². The van der Waals surface area contributed by atoms with Gasteiger partial charge in [0.15, 0.2) is 6.10 Å². The molecule has 0 aromatic heterocycles. The maximum absolute atomic E-state index is 12.6. The van der Waals surface area contributed by atoms with Crippen molar-refractivity contribution in [1.82, 2.24) is 0 Å². The minimum atomic E-state index is -4.64. The zero-order valence-electron chi connectivity index (χ0n) is 34.1. The van der Waals surface area contributed by atoms with Crippen LogP contribution < -0.4 is 0 Å². The molecular formula is C44H75O10P. The van der Waals surface area contributed by atoms with Crippen molar-refractivity contribution in [3.63, 3.8) is 0 Å². The minimum Gasteiger partial charge on any atom is -0.462 e. The van der Waals surface area contributed by atoms with Crippen molar-refractivity contribution in [2.75, 3.05) is 26.4 Å². The third kappa shape index (κ3) is 39.4. The van der Waals surface area contributed by atoms with Crippen molar-refractivity contribution in [3.8, 4) is 0 Å². The Balaban J connectivity index is 4.46. The van der Waals surface area contributed by atoms with Crippen LogP contribution in [0.4, 0.5) is 0 Å². The molecule has 316 valence electrons. The van der Waals surface area contributed by atoms with Crippen LogP contribution in [0.2, 0.25) is 0 Å². The van der Waals surface area contributed by atoms with E-state index in [1.54, 1.807) is 0 Å². The third-order valence-electron chi connectivity index (χ3n) is 8.39. The first-order chi connectivity index (χ1) is 26.7. The highest BCUT2D eigenvalue weighted by molar-refractivity contribution is 7.47. The predicted molar refractivity (Wildman–Crippen MR) is 223 cm³/mol. The van der Waals surface area contributed by atoms with Crippen molar-refractivity contribution in [3.05, 3.63) is 72.9 Å². The molecule has 1 unspecified atom stereocenters. The monoisotopic (exact) mass is 795 g/mol. The summed E-state index contributed by atoms with van der Waals surface area (Å²) in [6, 6.07) is 0. The Kier molecular flexibility index (Phi) is 37.8. The van der Waals surface area contributed by atoms with Gasteiger partial charge in [-0.05, 0) is 51.4 Å². The summed E-state index contributed by atoms with van der Waals surface area (Å²) in [5.74, 6) is -1.03. The molecule has 0 aromatic rings. The van der Waals surface area contributed by atoms with Crippen LogP contribution in [0.15, 0.2) is 72.9 Å². The standard InChI is InChI=1S/C44H75O10P/c1-3-5-7-9-11-13-15-17-18-19-20-21-22-24-26-28-30-32-34-36-44(48)54-42(40-53-55(49,50)52-38-41(46)37-45)39-51-43(47)35-33-31-29-27-25-23-16-14-12-10-8-6-4-2/h5,7,11,13,17-18,20-21,24,26,30,32,41-42,45-46H,3-4,6,8-10,12,14-16,19,22-23,25,27-29,31,33-40H2,1-2H3,(H,49,50)/b7-5+,13-11+,18-17+,21-20+,26-24+,32-30+/t41-,42+/m0/s1. The molecule has 0 fully saturated rings. The Hall–Kier alpha value is -2.59. The van der Waals surface area contributed by atoms with Gasteiger partial charge in [0.05, 0.1) is 19.8 Å². The topological polar surface area (TPSA) is 149 Å². The highest BCUT2D eigenvalue weighted by Crippen LogP contribution is 2.43. The number of phosphoric acid groups is 1. The number of hydrogen-bond acceptors (Lipinski definition) is 9. The fourth-order valence-electron chi connectivity index (χ4n) is 5.19. The number of allylic oxidation sites excluding steroid dienone is 12. The van der Waals surface area contributed by atoms with E-state index in [2.05, 4.69) is 79.1 Å². The van der Waals surface area contributed by atoms with Crippen molar-refractivity contribution in [2.45, 2.75) is 167 Å². The Morgan fingerprint density at radius 3 is 1.47 bits per heavy atom. The summed E-state index contributed by atoms with van der Waals surface area (Å²) in [5.41, 5.74) is 0. The second-order valence-electron chi connectivity index (χ2n) is 13.6. The maximum atomic E-state index is 12.6. The van der Waals surface area contributed by atoms with E-state index in [0.29, 0.717) is 12.8 Å². The molecule has 0 saturated heterocycles. The van der Waals surface area contributed by atoms with E-state index < -0.39 is 51.8 Å². The largest absolute Gasteiger partial charge is 0.472 e. The van der Waals surface area contributed by atoms with E-state index in [4.69, 9.17) is 19.1 Å². The molecule has 0 aliphatic heterocycles. The van der Waals surface area contributed by atoms with Crippen molar-refractivity contribution in [2.24, 2.45) is 0 Å². The molecule has 3 atom stereocenters. The summed E-state index contributed by atoms with van der Waals surface area (Å²) in [4.78, 5) is 34.9. The summed E-state index contributed by atoms with van der Waals surface area (Å²) in [6.07, 6.45) is 44.5. The molecular weight excluding hydrogens is 719 g/mol. The van der Waals surface area contributed by atoms with Crippen molar-refractivity contribution < 1.29 is 47.8 Å². The molecule has 0 radical (unpaired) electrons. The first-order valence-corrected chi connectivity index (χ1v) is 22.4. The van der Waals surface area contributed by atoms with Crippen LogP contribution in [-0.4, -0.2) is 65.7 Å². The molecule has 11 heteroatoms. The highest BCUT2D eigenvalue weighted by atomic mass is 31.2. The number of unbranched alkanes of at least 4 members (excludes halogenated alkanes) is 12. The third-order valence-corrected chi connectivity index (χ3v) is 9.34. The number of carbonyl (C=O) groups is 2. The van der Waals surface area contributed by atoms with Crippen LogP contribution in [0, 0.1) is 0 Å². The average Bonchev–Trinajstić information content (AvgIpc) is 3.17. The molecule has 10 nitrogen and oxygen atoms in total. The zero-order chi connectivity index (χ0) is 40.5. The molecule has 0 amide bonds. The molecule has 3 N–H and O–H groups in total. The van der Waals surface area contributed by atoms with E-state index in [1.165, 1.54) is 57.8 Å². The SMILES string of the molecule is CC/C=C/C/C=C/C/C=C/C/C=C/C/C=C/C/C=C/CCC(=O)O[C@H](COC(=O)CCCCCCCCCCCCCCC)COP(=O)(O)OC[C@@H](O)CO. The van der Waals surface area contributed by atoms with Gasteiger partial charge in [-0.2, -0.15) is 0 Å². The number of rotatable bonds is 38. The highest BCUT2D eigenvalue weighted by Gasteiger charge is 2.27. The van der Waals surface area contributed by atoms with Gasteiger partial charge < -0.3 is 24.6 Å². The summed E-state index contributed by atoms with van der Waals surface area (Å²) < 4.78 is 32.6. The molecule has 0 aliphatic carbocycles. The molecule has 0 aromatic carbocycles. The van der Waals surface area contributed by atoms with Crippen LogP contribution in [0.3, 0.4) is 0 Å². The Bertz CT molecular complexity index is 1140. The van der Waals surface area contributed by atoms with Gasteiger partial charge in [-0.15, -0.1) is 0 Å². The van der Waals surface area contributed by atoms with Crippen LogP contribution in [0.1, 0.15) is 155 Å². The normalized spacial score (nSPS) is 14.6. The number of phosphoric ester groups is 1. The van der Waals surface area contributed by atoms with Gasteiger partial charge in [0, 0.05) is 12.8 Å². The second-order valence-corrected chi connectivity index (χ2v) is 15.1. The Morgan fingerprint density at radius 1 is 0.564 bits per heavy atom. The van der Waals surface area contributed by atoms with Gasteiger partial charge in [-0.1, -0.05) is 164 Å². The van der Waals surface area contributed by atoms with E-state index in [0.717, 1.165) is 57.8 Å². The fourth-order valence-corrected chi connectivity index (χ4v) is 5.98. The lowest BCUT2D eigenvalue weighted by atomic mass is 10.0. The zero-order valence-corrected chi connectivity index (χ0v) is 35.0.